The Morgan fingerprint density at radius 2 is 1.25 bits per heavy atom. The first-order valence-electron chi connectivity index (χ1n) is 7.09. The molecule has 0 fully saturated rings. The number of rotatable bonds is 7. The van der Waals surface area contributed by atoms with Crippen molar-refractivity contribution < 1.29 is 19.1 Å². The van der Waals surface area contributed by atoms with Gasteiger partial charge in [0.1, 0.15) is 9.75 Å². The highest BCUT2D eigenvalue weighted by Gasteiger charge is 2.19. The van der Waals surface area contributed by atoms with Crippen LogP contribution in [0.25, 0.3) is 0 Å². The predicted octanol–water partition coefficient (Wildman–Crippen LogP) is 4.37. The van der Waals surface area contributed by atoms with Crippen LogP contribution in [0, 0.1) is 13.8 Å². The molecule has 2 rings (SSSR count). The van der Waals surface area contributed by atoms with Gasteiger partial charge in [0.15, 0.2) is 8.68 Å². The second-order valence-electron chi connectivity index (χ2n) is 4.40. The van der Waals surface area contributed by atoms with Crippen LogP contribution >= 0.6 is 44.3 Å². The summed E-state index contributed by atoms with van der Waals surface area (Å²) in [6.07, 6.45) is 0. The van der Waals surface area contributed by atoms with Crippen LogP contribution in [0.5, 0.6) is 0 Å². The van der Waals surface area contributed by atoms with E-state index in [0.717, 1.165) is 8.68 Å². The van der Waals surface area contributed by atoms with Gasteiger partial charge in [-0.3, -0.25) is 0 Å². The standard InChI is InChI=1S/C14H16N2O4S4/c1-5-19-11(17)9-7(3)15-13(21-9)23-24-14-16-8(4)10(22-14)12(18)20-6-2/h5-6H2,1-4H3. The van der Waals surface area contributed by atoms with Crippen molar-refractivity contribution >= 4 is 56.2 Å². The summed E-state index contributed by atoms with van der Waals surface area (Å²) in [7, 11) is 2.81. The number of nitrogens with zero attached hydrogens (tertiary/aromatic N) is 2. The van der Waals surface area contributed by atoms with Crippen molar-refractivity contribution in [3.05, 3.63) is 21.1 Å². The Morgan fingerprint density at radius 3 is 1.58 bits per heavy atom. The predicted molar refractivity (Wildman–Crippen MR) is 97.3 cm³/mol. The maximum absolute atomic E-state index is 11.8. The molecular formula is C14H16N2O4S4. The average molecular weight is 405 g/mol. The summed E-state index contributed by atoms with van der Waals surface area (Å²) < 4.78 is 11.5. The third-order valence-corrected chi connectivity index (χ3v) is 7.91. The van der Waals surface area contributed by atoms with Crippen LogP contribution in [-0.4, -0.2) is 35.1 Å². The van der Waals surface area contributed by atoms with Gasteiger partial charge < -0.3 is 9.47 Å². The largest absolute Gasteiger partial charge is 0.462 e. The van der Waals surface area contributed by atoms with Gasteiger partial charge in [0.25, 0.3) is 0 Å². The number of aryl methyl sites for hydroxylation is 2. The van der Waals surface area contributed by atoms with Gasteiger partial charge in [-0.05, 0) is 49.3 Å². The van der Waals surface area contributed by atoms with Crippen molar-refractivity contribution in [1.29, 1.82) is 0 Å². The first kappa shape index (κ1) is 19.2. The third kappa shape index (κ3) is 4.71. The minimum Gasteiger partial charge on any atom is -0.462 e. The van der Waals surface area contributed by atoms with Crippen molar-refractivity contribution in [1.82, 2.24) is 9.97 Å². The topological polar surface area (TPSA) is 78.4 Å². The van der Waals surface area contributed by atoms with Gasteiger partial charge in [-0.25, -0.2) is 19.6 Å². The first-order chi connectivity index (χ1) is 11.5. The molecule has 2 aromatic rings. The fraction of sp³-hybridized carbons (Fsp3) is 0.429. The van der Waals surface area contributed by atoms with Gasteiger partial charge in [-0.15, -0.1) is 0 Å². The van der Waals surface area contributed by atoms with Crippen LogP contribution in [0.1, 0.15) is 44.6 Å². The molecule has 0 radical (unpaired) electrons. The molecule has 0 atom stereocenters. The molecule has 0 amide bonds. The zero-order valence-electron chi connectivity index (χ0n) is 13.6. The Bertz CT molecular complexity index is 679. The van der Waals surface area contributed by atoms with E-state index in [1.165, 1.54) is 44.3 Å². The third-order valence-electron chi connectivity index (χ3n) is 2.66. The van der Waals surface area contributed by atoms with E-state index in [-0.39, 0.29) is 11.9 Å². The lowest BCUT2D eigenvalue weighted by Gasteiger charge is -1.97. The Kier molecular flexibility index (Phi) is 7.08. The van der Waals surface area contributed by atoms with Gasteiger partial charge in [0, 0.05) is 0 Å². The average Bonchev–Trinajstić information content (AvgIpc) is 3.08. The van der Waals surface area contributed by atoms with Crippen molar-refractivity contribution in [2.24, 2.45) is 0 Å². The molecule has 24 heavy (non-hydrogen) atoms. The number of thiazole rings is 2. The SMILES string of the molecule is CCOC(=O)c1sc(SSc2nc(C)c(C(=O)OCC)s2)nc1C. The van der Waals surface area contributed by atoms with Crippen molar-refractivity contribution in [3.8, 4) is 0 Å². The zero-order chi connectivity index (χ0) is 17.7. The molecule has 0 spiro atoms. The van der Waals surface area contributed by atoms with E-state index in [2.05, 4.69) is 9.97 Å². The van der Waals surface area contributed by atoms with E-state index in [9.17, 15) is 9.59 Å². The van der Waals surface area contributed by atoms with Gasteiger partial charge in [0.05, 0.1) is 24.6 Å². The van der Waals surface area contributed by atoms with Crippen molar-refractivity contribution in [2.45, 2.75) is 36.4 Å². The molecular weight excluding hydrogens is 388 g/mol. The molecule has 0 unspecified atom stereocenters. The molecule has 0 aliphatic carbocycles. The highest BCUT2D eigenvalue weighted by atomic mass is 33.1. The second-order valence-corrected chi connectivity index (χ2v) is 9.02. The Labute approximate surface area is 155 Å². The van der Waals surface area contributed by atoms with Crippen LogP contribution < -0.4 is 0 Å². The van der Waals surface area contributed by atoms with Crippen molar-refractivity contribution in [2.75, 3.05) is 13.2 Å². The van der Waals surface area contributed by atoms with Crippen LogP contribution in [0.15, 0.2) is 8.68 Å². The lowest BCUT2D eigenvalue weighted by Crippen LogP contribution is -2.03. The molecule has 0 saturated heterocycles. The highest BCUT2D eigenvalue weighted by Crippen LogP contribution is 2.42. The molecule has 0 saturated carbocycles. The van der Waals surface area contributed by atoms with E-state index in [1.54, 1.807) is 27.7 Å². The molecule has 0 aromatic carbocycles. The summed E-state index contributed by atoms with van der Waals surface area (Å²) >= 11 is 2.59. The Balaban J connectivity index is 2.04. The molecule has 10 heteroatoms. The van der Waals surface area contributed by atoms with Gasteiger partial charge in [0.2, 0.25) is 0 Å². The summed E-state index contributed by atoms with van der Waals surface area (Å²) in [5, 5.41) is 0. The van der Waals surface area contributed by atoms with E-state index in [4.69, 9.17) is 9.47 Å². The number of hydrogen-bond donors (Lipinski definition) is 0. The smallest absolute Gasteiger partial charge is 0.350 e. The molecule has 2 aromatic heterocycles. The summed E-state index contributed by atoms with van der Waals surface area (Å²) in [5.74, 6) is -0.696. The molecule has 2 heterocycles. The normalized spacial score (nSPS) is 10.7. The van der Waals surface area contributed by atoms with Crippen LogP contribution in [0.4, 0.5) is 0 Å². The monoisotopic (exact) mass is 404 g/mol. The van der Waals surface area contributed by atoms with E-state index < -0.39 is 0 Å². The fourth-order valence-corrected chi connectivity index (χ4v) is 6.18. The fourth-order valence-electron chi connectivity index (χ4n) is 1.66. The number of ether oxygens (including phenoxy) is 2. The van der Waals surface area contributed by atoms with Crippen LogP contribution in [0.2, 0.25) is 0 Å². The molecule has 0 aliphatic rings. The number of carbonyl (C=O) groups excluding carboxylic acids is 2. The van der Waals surface area contributed by atoms with Gasteiger partial charge in [-0.1, -0.05) is 22.7 Å². The lowest BCUT2D eigenvalue weighted by molar-refractivity contribution is 0.0521. The van der Waals surface area contributed by atoms with E-state index in [0.29, 0.717) is 34.4 Å². The summed E-state index contributed by atoms with van der Waals surface area (Å²) in [4.78, 5) is 33.4. The molecule has 6 nitrogen and oxygen atoms in total. The molecule has 0 bridgehead atoms. The first-order valence-corrected chi connectivity index (χ1v) is 10.9. The Morgan fingerprint density at radius 1 is 0.875 bits per heavy atom. The van der Waals surface area contributed by atoms with Crippen LogP contribution in [-0.2, 0) is 9.47 Å². The Hall–Kier alpha value is -1.10. The number of hydrogen-bond acceptors (Lipinski definition) is 10. The van der Waals surface area contributed by atoms with Crippen LogP contribution in [0.3, 0.4) is 0 Å². The highest BCUT2D eigenvalue weighted by molar-refractivity contribution is 8.77. The zero-order valence-corrected chi connectivity index (χ0v) is 16.8. The second kappa shape index (κ2) is 8.84. The van der Waals surface area contributed by atoms with Gasteiger partial charge >= 0.3 is 11.9 Å². The molecule has 0 aliphatic heterocycles. The van der Waals surface area contributed by atoms with Gasteiger partial charge in [-0.2, -0.15) is 0 Å². The maximum atomic E-state index is 11.8. The molecule has 0 N–H and O–H groups in total. The molecule has 130 valence electrons. The summed E-state index contributed by atoms with van der Waals surface area (Å²) in [6.45, 7) is 7.77. The van der Waals surface area contributed by atoms with E-state index >= 15 is 0 Å². The van der Waals surface area contributed by atoms with Crippen molar-refractivity contribution in [3.63, 3.8) is 0 Å². The minimum atomic E-state index is -0.348. The summed E-state index contributed by atoms with van der Waals surface area (Å²) in [6, 6.07) is 0. The lowest BCUT2D eigenvalue weighted by atomic mass is 10.4. The number of aromatic nitrogens is 2. The number of esters is 2. The minimum absolute atomic E-state index is 0.336. The maximum Gasteiger partial charge on any atom is 0.350 e. The summed E-state index contributed by atoms with van der Waals surface area (Å²) in [5.41, 5.74) is 1.31. The number of carbonyl (C=O) groups is 2. The quantitative estimate of drug-likeness (QED) is 0.497. The van der Waals surface area contributed by atoms with E-state index in [1.807, 2.05) is 0 Å².